The lowest BCUT2D eigenvalue weighted by Gasteiger charge is -2.36. The van der Waals surface area contributed by atoms with E-state index < -0.39 is 0 Å². The molecule has 7 heteroatoms. The van der Waals surface area contributed by atoms with Gasteiger partial charge in [0, 0.05) is 44.6 Å². The molecule has 0 spiro atoms. The summed E-state index contributed by atoms with van der Waals surface area (Å²) in [5.74, 6) is -0.169. The van der Waals surface area contributed by atoms with Gasteiger partial charge in [0.25, 0.3) is 11.5 Å². The topological polar surface area (TPSA) is 72.2 Å². The summed E-state index contributed by atoms with van der Waals surface area (Å²) < 4.78 is 3.07. The van der Waals surface area contributed by atoms with E-state index in [1.807, 2.05) is 6.07 Å². The molecule has 0 saturated carbocycles. The number of benzene rings is 1. The Kier molecular flexibility index (Phi) is 6.09. The van der Waals surface area contributed by atoms with Crippen LogP contribution in [-0.2, 0) is 13.6 Å². The highest BCUT2D eigenvalue weighted by Gasteiger charge is 2.23. The number of aryl methyl sites for hydroxylation is 1. The number of hydrogen-bond donors (Lipinski definition) is 1. The number of nitrogens with zero attached hydrogens (tertiary/aromatic N) is 4. The number of likely N-dealkylation sites (tertiary alicyclic amines) is 1. The molecule has 1 atom stereocenters. The number of amides is 1. The van der Waals surface area contributed by atoms with Crippen molar-refractivity contribution in [3.8, 4) is 5.69 Å². The summed E-state index contributed by atoms with van der Waals surface area (Å²) in [7, 11) is 1.79. The number of carbonyl (C=O) groups is 1. The van der Waals surface area contributed by atoms with Crippen LogP contribution in [0.1, 0.15) is 35.2 Å². The molecule has 1 amide bonds. The van der Waals surface area contributed by atoms with Gasteiger partial charge in [0.1, 0.15) is 0 Å². The molecule has 7 nitrogen and oxygen atoms in total. The van der Waals surface area contributed by atoms with Gasteiger partial charge in [-0.25, -0.2) is 0 Å². The van der Waals surface area contributed by atoms with Crippen molar-refractivity contribution in [2.24, 2.45) is 7.05 Å². The number of aromatic nitrogens is 3. The Labute approximate surface area is 175 Å². The first kappa shape index (κ1) is 20.1. The minimum atomic E-state index is -0.194. The van der Waals surface area contributed by atoms with Gasteiger partial charge in [0.05, 0.1) is 17.4 Å². The lowest BCUT2D eigenvalue weighted by atomic mass is 10.0. The predicted octanol–water partition coefficient (Wildman–Crippen LogP) is 2.36. The lowest BCUT2D eigenvalue weighted by molar-refractivity contribution is 0.0907. The third-order valence-electron chi connectivity index (χ3n) is 5.62. The minimum Gasteiger partial charge on any atom is -0.350 e. The van der Waals surface area contributed by atoms with Gasteiger partial charge < -0.3 is 5.32 Å². The molecule has 1 aromatic carbocycles. The first-order chi connectivity index (χ1) is 14.6. The molecule has 1 N–H and O–H groups in total. The molecule has 156 valence electrons. The monoisotopic (exact) mass is 405 g/mol. The van der Waals surface area contributed by atoms with Gasteiger partial charge in [-0.1, -0.05) is 36.8 Å². The second-order valence-corrected chi connectivity index (χ2v) is 7.81. The van der Waals surface area contributed by atoms with Crippen LogP contribution in [0.5, 0.6) is 0 Å². The molecule has 1 aliphatic heterocycles. The van der Waals surface area contributed by atoms with Gasteiger partial charge in [0.2, 0.25) is 0 Å². The zero-order valence-electron chi connectivity index (χ0n) is 17.2. The highest BCUT2D eigenvalue weighted by Crippen LogP contribution is 2.19. The summed E-state index contributed by atoms with van der Waals surface area (Å²) in [4.78, 5) is 27.5. The molecule has 1 fully saturated rings. The first-order valence-corrected chi connectivity index (χ1v) is 10.4. The first-order valence-electron chi connectivity index (χ1n) is 10.4. The quantitative estimate of drug-likeness (QED) is 0.683. The molecule has 0 unspecified atom stereocenters. The molecule has 30 heavy (non-hydrogen) atoms. The zero-order chi connectivity index (χ0) is 20.9. The fraction of sp³-hybridized carbons (Fsp3) is 0.348. The number of carbonyl (C=O) groups excluding carboxylic acids is 1. The van der Waals surface area contributed by atoms with Crippen molar-refractivity contribution in [3.63, 3.8) is 0 Å². The van der Waals surface area contributed by atoms with E-state index in [-0.39, 0.29) is 11.5 Å². The second-order valence-electron chi connectivity index (χ2n) is 7.81. The van der Waals surface area contributed by atoms with E-state index in [9.17, 15) is 9.59 Å². The van der Waals surface area contributed by atoms with Gasteiger partial charge in [-0.2, -0.15) is 5.10 Å². The maximum atomic E-state index is 12.8. The molecule has 0 aliphatic carbocycles. The average Bonchev–Trinajstić information content (AvgIpc) is 3.20. The van der Waals surface area contributed by atoms with Crippen molar-refractivity contribution in [2.45, 2.75) is 31.8 Å². The van der Waals surface area contributed by atoms with Crippen LogP contribution in [0.4, 0.5) is 0 Å². The summed E-state index contributed by atoms with van der Waals surface area (Å²) in [6.07, 6.45) is 8.36. The van der Waals surface area contributed by atoms with Crippen molar-refractivity contribution in [2.75, 3.05) is 13.1 Å². The Hall–Kier alpha value is -3.19. The van der Waals surface area contributed by atoms with Gasteiger partial charge in [-0.15, -0.1) is 0 Å². The Morgan fingerprint density at radius 3 is 2.73 bits per heavy atom. The van der Waals surface area contributed by atoms with Crippen LogP contribution in [0, 0.1) is 0 Å². The van der Waals surface area contributed by atoms with E-state index in [0.29, 0.717) is 23.8 Å². The van der Waals surface area contributed by atoms with E-state index in [2.05, 4.69) is 39.6 Å². The Balaban J connectivity index is 1.43. The van der Waals surface area contributed by atoms with E-state index in [1.165, 1.54) is 29.0 Å². The summed E-state index contributed by atoms with van der Waals surface area (Å²) in [6.45, 7) is 2.53. The largest absolute Gasteiger partial charge is 0.350 e. The highest BCUT2D eigenvalue weighted by molar-refractivity contribution is 5.93. The summed E-state index contributed by atoms with van der Waals surface area (Å²) >= 11 is 0. The van der Waals surface area contributed by atoms with Crippen molar-refractivity contribution in [3.05, 3.63) is 82.5 Å². The molecular weight excluding hydrogens is 378 g/mol. The van der Waals surface area contributed by atoms with Crippen molar-refractivity contribution in [1.82, 2.24) is 24.6 Å². The molecule has 0 radical (unpaired) electrons. The molecule has 2 aromatic heterocycles. The Bertz CT molecular complexity index is 1060. The number of pyridine rings is 1. The summed E-state index contributed by atoms with van der Waals surface area (Å²) in [6, 6.07) is 13.8. The molecule has 0 bridgehead atoms. The van der Waals surface area contributed by atoms with Gasteiger partial charge in [-0.3, -0.25) is 23.7 Å². The summed E-state index contributed by atoms with van der Waals surface area (Å²) in [5, 5.41) is 7.17. The van der Waals surface area contributed by atoms with Gasteiger partial charge in [0.15, 0.2) is 0 Å². The van der Waals surface area contributed by atoms with Crippen LogP contribution in [0.15, 0.2) is 65.8 Å². The molecule has 1 saturated heterocycles. The molecular formula is C23H27N5O2. The molecule has 3 aromatic rings. The lowest BCUT2D eigenvalue weighted by Crippen LogP contribution is -2.46. The van der Waals surface area contributed by atoms with Gasteiger partial charge >= 0.3 is 0 Å². The smallest absolute Gasteiger partial charge is 0.255 e. The van der Waals surface area contributed by atoms with Crippen molar-refractivity contribution in [1.29, 1.82) is 0 Å². The molecule has 4 rings (SSSR count). The Morgan fingerprint density at radius 1 is 1.13 bits per heavy atom. The van der Waals surface area contributed by atoms with Crippen LogP contribution in [0.3, 0.4) is 0 Å². The Morgan fingerprint density at radius 2 is 1.97 bits per heavy atom. The standard InChI is InChI=1S/C23H27N5O2/c1-26-17-21(14-25-26)28-16-19(10-11-22(28)29)23(30)24-13-20-9-5-6-12-27(20)15-18-7-3-2-4-8-18/h2-4,7-8,10-11,14,16-17,20H,5-6,9,12-13,15H2,1H3,(H,24,30)/t20-/m0/s1. The normalized spacial score (nSPS) is 17.0. The maximum Gasteiger partial charge on any atom is 0.255 e. The van der Waals surface area contributed by atoms with Crippen LogP contribution in [-0.4, -0.2) is 44.3 Å². The van der Waals surface area contributed by atoms with Crippen molar-refractivity contribution < 1.29 is 4.79 Å². The fourth-order valence-corrected chi connectivity index (χ4v) is 3.99. The van der Waals surface area contributed by atoms with E-state index >= 15 is 0 Å². The minimum absolute atomic E-state index is 0.169. The zero-order valence-corrected chi connectivity index (χ0v) is 17.2. The number of nitrogens with one attached hydrogen (secondary N) is 1. The van der Waals surface area contributed by atoms with Crippen LogP contribution in [0.25, 0.3) is 5.69 Å². The maximum absolute atomic E-state index is 12.8. The predicted molar refractivity (Wildman–Crippen MR) is 116 cm³/mol. The second kappa shape index (κ2) is 9.09. The SMILES string of the molecule is Cn1cc(-n2cc(C(=O)NC[C@@H]3CCCCN3Cc3ccccc3)ccc2=O)cn1. The third kappa shape index (κ3) is 4.68. The molecule has 1 aliphatic rings. The highest BCUT2D eigenvalue weighted by atomic mass is 16.2. The van der Waals surface area contributed by atoms with Crippen LogP contribution in [0.2, 0.25) is 0 Å². The van der Waals surface area contributed by atoms with Crippen LogP contribution >= 0.6 is 0 Å². The van der Waals surface area contributed by atoms with E-state index in [1.54, 1.807) is 36.4 Å². The number of hydrogen-bond acceptors (Lipinski definition) is 4. The number of rotatable bonds is 6. The number of piperidine rings is 1. The van der Waals surface area contributed by atoms with Crippen LogP contribution < -0.4 is 10.9 Å². The van der Waals surface area contributed by atoms with Gasteiger partial charge in [-0.05, 0) is 31.0 Å². The third-order valence-corrected chi connectivity index (χ3v) is 5.62. The average molecular weight is 406 g/mol. The molecule has 3 heterocycles. The van der Waals surface area contributed by atoms with E-state index in [4.69, 9.17) is 0 Å². The van der Waals surface area contributed by atoms with E-state index in [0.717, 1.165) is 19.5 Å². The fourth-order valence-electron chi connectivity index (χ4n) is 3.99. The summed E-state index contributed by atoms with van der Waals surface area (Å²) in [5.41, 5.74) is 2.20. The van der Waals surface area contributed by atoms with Crippen molar-refractivity contribution >= 4 is 5.91 Å².